The average Bonchev–Trinajstić information content (AvgIpc) is 3.24. The molecule has 0 spiro atoms. The summed E-state index contributed by atoms with van der Waals surface area (Å²) < 4.78 is 10.3. The predicted molar refractivity (Wildman–Crippen MR) is 107 cm³/mol. The fourth-order valence-electron chi connectivity index (χ4n) is 2.87. The monoisotopic (exact) mass is 399 g/mol. The summed E-state index contributed by atoms with van der Waals surface area (Å²) in [6.45, 7) is 7.68. The van der Waals surface area contributed by atoms with E-state index in [4.69, 9.17) is 9.26 Å². The number of benzene rings is 1. The zero-order valence-corrected chi connectivity index (χ0v) is 17.0. The number of amides is 1. The molecule has 0 unspecified atom stereocenters. The molecule has 0 saturated carbocycles. The van der Waals surface area contributed by atoms with Crippen molar-refractivity contribution < 1.29 is 18.8 Å². The molecule has 1 aromatic carbocycles. The predicted octanol–water partition coefficient (Wildman–Crippen LogP) is 4.41. The maximum Gasteiger partial charge on any atom is 0.341 e. The van der Waals surface area contributed by atoms with Gasteiger partial charge in [-0.15, -0.1) is 11.3 Å². The van der Waals surface area contributed by atoms with Gasteiger partial charge in [0.15, 0.2) is 5.82 Å². The lowest BCUT2D eigenvalue weighted by Gasteiger charge is -2.08. The first kappa shape index (κ1) is 19.8. The van der Waals surface area contributed by atoms with Crippen molar-refractivity contribution >= 4 is 28.2 Å². The first-order valence-electron chi connectivity index (χ1n) is 8.96. The van der Waals surface area contributed by atoms with E-state index >= 15 is 0 Å². The van der Waals surface area contributed by atoms with Gasteiger partial charge in [0.1, 0.15) is 5.00 Å². The molecule has 3 rings (SSSR count). The van der Waals surface area contributed by atoms with Crippen molar-refractivity contribution in [2.45, 2.75) is 34.1 Å². The van der Waals surface area contributed by atoms with Crippen LogP contribution in [0.4, 0.5) is 5.00 Å². The van der Waals surface area contributed by atoms with Crippen LogP contribution in [0.2, 0.25) is 0 Å². The Bertz CT molecular complexity index is 1010. The molecule has 0 radical (unpaired) electrons. The number of rotatable bonds is 6. The molecule has 0 aliphatic carbocycles. The van der Waals surface area contributed by atoms with E-state index in [1.165, 1.54) is 11.3 Å². The molecule has 0 aliphatic heterocycles. The van der Waals surface area contributed by atoms with Crippen LogP contribution in [0.3, 0.4) is 0 Å². The first-order valence-corrected chi connectivity index (χ1v) is 9.77. The Hall–Kier alpha value is -3.00. The minimum Gasteiger partial charge on any atom is -0.462 e. The lowest BCUT2D eigenvalue weighted by Crippen LogP contribution is -2.15. The highest BCUT2D eigenvalue weighted by Gasteiger charge is 2.23. The number of nitrogens with one attached hydrogen (secondary N) is 1. The van der Waals surface area contributed by atoms with E-state index in [1.54, 1.807) is 38.1 Å². The van der Waals surface area contributed by atoms with Crippen LogP contribution in [0.15, 0.2) is 28.8 Å². The van der Waals surface area contributed by atoms with Crippen molar-refractivity contribution in [1.82, 2.24) is 10.1 Å². The molecule has 0 saturated heterocycles. The van der Waals surface area contributed by atoms with Crippen molar-refractivity contribution in [2.24, 2.45) is 0 Å². The Balaban J connectivity index is 1.84. The summed E-state index contributed by atoms with van der Waals surface area (Å²) in [5.74, 6) is 0.224. The van der Waals surface area contributed by atoms with Gasteiger partial charge in [-0.3, -0.25) is 4.79 Å². The molecule has 1 amide bonds. The summed E-state index contributed by atoms with van der Waals surface area (Å²) in [5, 5.41) is 7.12. The molecule has 28 heavy (non-hydrogen) atoms. The fourth-order valence-corrected chi connectivity index (χ4v) is 3.99. The van der Waals surface area contributed by atoms with Gasteiger partial charge in [-0.2, -0.15) is 4.98 Å². The normalized spacial score (nSPS) is 10.7. The SMILES string of the molecule is CCOC(=O)c1c(NC(=O)c2ccc(-c3nc(C)no3)cc2)sc(C)c1CC. The van der Waals surface area contributed by atoms with Gasteiger partial charge in [-0.05, 0) is 57.0 Å². The lowest BCUT2D eigenvalue weighted by molar-refractivity contribution is 0.0527. The van der Waals surface area contributed by atoms with Crippen LogP contribution in [0.5, 0.6) is 0 Å². The van der Waals surface area contributed by atoms with Gasteiger partial charge in [-0.1, -0.05) is 12.1 Å². The molecule has 146 valence electrons. The Morgan fingerprint density at radius 2 is 1.89 bits per heavy atom. The summed E-state index contributed by atoms with van der Waals surface area (Å²) >= 11 is 1.38. The van der Waals surface area contributed by atoms with E-state index in [0.717, 1.165) is 16.0 Å². The maximum atomic E-state index is 12.7. The number of aromatic nitrogens is 2. The number of esters is 1. The third kappa shape index (κ3) is 3.96. The van der Waals surface area contributed by atoms with Crippen molar-refractivity contribution in [2.75, 3.05) is 11.9 Å². The second-order valence-corrected chi connectivity index (χ2v) is 7.32. The molecule has 0 fully saturated rings. The Morgan fingerprint density at radius 1 is 1.18 bits per heavy atom. The molecule has 0 bridgehead atoms. The lowest BCUT2D eigenvalue weighted by atomic mass is 10.1. The van der Waals surface area contributed by atoms with Gasteiger partial charge in [0.25, 0.3) is 11.8 Å². The van der Waals surface area contributed by atoms with Gasteiger partial charge in [-0.25, -0.2) is 4.79 Å². The molecule has 0 atom stereocenters. The van der Waals surface area contributed by atoms with Crippen LogP contribution < -0.4 is 5.32 Å². The van der Waals surface area contributed by atoms with Crippen LogP contribution in [-0.4, -0.2) is 28.6 Å². The van der Waals surface area contributed by atoms with Crippen LogP contribution in [0, 0.1) is 13.8 Å². The number of nitrogens with zero attached hydrogens (tertiary/aromatic N) is 2. The molecule has 7 nitrogen and oxygen atoms in total. The zero-order chi connectivity index (χ0) is 20.3. The maximum absolute atomic E-state index is 12.7. The van der Waals surface area contributed by atoms with E-state index in [9.17, 15) is 9.59 Å². The fraction of sp³-hybridized carbons (Fsp3) is 0.300. The van der Waals surface area contributed by atoms with E-state index in [-0.39, 0.29) is 12.5 Å². The molecular formula is C20H21N3O4S. The molecule has 8 heteroatoms. The smallest absolute Gasteiger partial charge is 0.341 e. The summed E-state index contributed by atoms with van der Waals surface area (Å²) in [6.07, 6.45) is 0.685. The van der Waals surface area contributed by atoms with Crippen molar-refractivity contribution in [3.63, 3.8) is 0 Å². The highest BCUT2D eigenvalue weighted by atomic mass is 32.1. The van der Waals surface area contributed by atoms with Gasteiger partial charge in [0, 0.05) is 16.0 Å². The number of ether oxygens (including phenoxy) is 1. The molecule has 1 N–H and O–H groups in total. The molecular weight excluding hydrogens is 378 g/mol. The number of thiophene rings is 1. The number of hydrogen-bond acceptors (Lipinski definition) is 7. The first-order chi connectivity index (χ1) is 13.4. The largest absolute Gasteiger partial charge is 0.462 e. The summed E-state index contributed by atoms with van der Waals surface area (Å²) in [7, 11) is 0. The number of hydrogen-bond donors (Lipinski definition) is 1. The second-order valence-electron chi connectivity index (χ2n) is 6.09. The van der Waals surface area contributed by atoms with Crippen LogP contribution >= 0.6 is 11.3 Å². The van der Waals surface area contributed by atoms with Gasteiger partial charge in [0.05, 0.1) is 12.2 Å². The van der Waals surface area contributed by atoms with Crippen molar-refractivity contribution in [1.29, 1.82) is 0 Å². The van der Waals surface area contributed by atoms with Crippen LogP contribution in [0.1, 0.15) is 50.8 Å². The van der Waals surface area contributed by atoms with E-state index in [1.807, 2.05) is 13.8 Å². The van der Waals surface area contributed by atoms with E-state index in [0.29, 0.717) is 34.3 Å². The molecule has 2 aromatic heterocycles. The molecule has 3 aromatic rings. The summed E-state index contributed by atoms with van der Waals surface area (Å²) in [5.41, 5.74) is 2.53. The standard InChI is InChI=1S/C20H21N3O4S/c1-5-15-11(3)28-19(16(15)20(25)26-6-2)22-17(24)13-7-9-14(10-8-13)18-21-12(4)23-27-18/h7-10H,5-6H2,1-4H3,(H,22,24). The highest BCUT2D eigenvalue weighted by Crippen LogP contribution is 2.34. The second kappa shape index (κ2) is 8.35. The topological polar surface area (TPSA) is 94.3 Å². The third-order valence-electron chi connectivity index (χ3n) is 4.19. The zero-order valence-electron chi connectivity index (χ0n) is 16.2. The van der Waals surface area contributed by atoms with Gasteiger partial charge in [0.2, 0.25) is 0 Å². The number of carbonyl (C=O) groups excluding carboxylic acids is 2. The quantitative estimate of drug-likeness (QED) is 0.617. The number of anilines is 1. The summed E-state index contributed by atoms with van der Waals surface area (Å²) in [4.78, 5) is 30.2. The van der Waals surface area contributed by atoms with Gasteiger partial charge < -0.3 is 14.6 Å². The van der Waals surface area contributed by atoms with Gasteiger partial charge >= 0.3 is 5.97 Å². The third-order valence-corrected chi connectivity index (χ3v) is 5.25. The minimum atomic E-state index is -0.416. The van der Waals surface area contributed by atoms with Crippen molar-refractivity contribution in [3.05, 3.63) is 51.7 Å². The summed E-state index contributed by atoms with van der Waals surface area (Å²) in [6, 6.07) is 6.83. The van der Waals surface area contributed by atoms with Crippen LogP contribution in [-0.2, 0) is 11.2 Å². The highest BCUT2D eigenvalue weighted by molar-refractivity contribution is 7.16. The van der Waals surface area contributed by atoms with Crippen molar-refractivity contribution in [3.8, 4) is 11.5 Å². The minimum absolute atomic E-state index is 0.279. The molecule has 2 heterocycles. The van der Waals surface area contributed by atoms with E-state index < -0.39 is 5.97 Å². The number of carbonyl (C=O) groups is 2. The Kier molecular flexibility index (Phi) is 5.89. The molecule has 0 aliphatic rings. The Morgan fingerprint density at radius 3 is 2.46 bits per heavy atom. The van der Waals surface area contributed by atoms with Crippen LogP contribution in [0.25, 0.3) is 11.5 Å². The van der Waals surface area contributed by atoms with E-state index in [2.05, 4.69) is 15.5 Å². The Labute approximate surface area is 166 Å². The average molecular weight is 399 g/mol. The number of aryl methyl sites for hydroxylation is 2.